The molecule has 0 bridgehead atoms. The molecule has 71 heavy (non-hydrogen) atoms. The molecule has 386 valence electrons. The van der Waals surface area contributed by atoms with Crippen molar-refractivity contribution in [2.45, 2.75) is 175 Å². The van der Waals surface area contributed by atoms with E-state index in [1.807, 2.05) is 13.8 Å². The quantitative estimate of drug-likeness (QED) is 0.0977. The maximum absolute atomic E-state index is 14.4. The highest BCUT2D eigenvalue weighted by Crippen LogP contribution is 2.49. The van der Waals surface area contributed by atoms with E-state index in [2.05, 4.69) is 65.8 Å². The molecule has 1 fully saturated rings. The molecule has 0 aromatic heterocycles. The molecule has 1 unspecified atom stereocenters. The van der Waals surface area contributed by atoms with Crippen LogP contribution in [-0.4, -0.2) is 121 Å². The second-order valence-electron chi connectivity index (χ2n) is 21.1. The van der Waals surface area contributed by atoms with Gasteiger partial charge in [0.15, 0.2) is 0 Å². The summed E-state index contributed by atoms with van der Waals surface area (Å²) in [5, 5.41) is 44.8. The number of benzene rings is 2. The third-order valence-electron chi connectivity index (χ3n) is 15.0. The molecule has 5 heterocycles. The predicted molar refractivity (Wildman–Crippen MR) is 269 cm³/mol. The zero-order valence-electron chi connectivity index (χ0n) is 43.0. The molecule has 15 nitrogen and oxygen atoms in total. The summed E-state index contributed by atoms with van der Waals surface area (Å²) in [6.07, 6.45) is 12.8. The zero-order chi connectivity index (χ0) is 51.4. The van der Waals surface area contributed by atoms with Gasteiger partial charge in [-0.1, -0.05) is 46.6 Å². The van der Waals surface area contributed by atoms with E-state index >= 15 is 0 Å². The van der Waals surface area contributed by atoms with Crippen LogP contribution >= 0.6 is 0 Å². The molecule has 5 aliphatic rings. The lowest BCUT2D eigenvalue weighted by atomic mass is 9.84. The predicted octanol–water partition coefficient (Wildman–Crippen LogP) is 9.12. The summed E-state index contributed by atoms with van der Waals surface area (Å²) in [6, 6.07) is 1.62. The minimum atomic E-state index is -1.28. The van der Waals surface area contributed by atoms with E-state index in [4.69, 9.17) is 18.9 Å². The number of aromatic hydroxyl groups is 1. The number of phenolic OH excluding ortho intramolecular Hbond substituents is 1. The molecule has 0 aliphatic carbocycles. The van der Waals surface area contributed by atoms with Crippen LogP contribution in [-0.2, 0) is 35.5 Å². The molecule has 7 rings (SSSR count). The van der Waals surface area contributed by atoms with Crippen molar-refractivity contribution in [3.8, 4) is 23.0 Å². The molecule has 4 N–H and O–H groups in total. The fraction of sp³-hybridized carbons (Fsp3) is 0.571. The van der Waals surface area contributed by atoms with Crippen LogP contribution < -0.4 is 14.2 Å². The van der Waals surface area contributed by atoms with Crippen LogP contribution in [0.1, 0.15) is 163 Å². The number of rotatable bonds is 19. The normalized spacial score (nSPS) is 23.3. The molecule has 5 aliphatic heterocycles. The van der Waals surface area contributed by atoms with E-state index in [0.29, 0.717) is 91.3 Å². The number of carboxylic acid groups (broad SMARTS) is 1. The monoisotopic (exact) mass is 982 g/mol. The third kappa shape index (κ3) is 12.0. The fourth-order valence-electron chi connectivity index (χ4n) is 10.4. The van der Waals surface area contributed by atoms with Crippen molar-refractivity contribution in [2.75, 3.05) is 32.8 Å². The van der Waals surface area contributed by atoms with Crippen molar-refractivity contribution < 1.29 is 58.6 Å². The van der Waals surface area contributed by atoms with E-state index in [-0.39, 0.29) is 68.3 Å². The lowest BCUT2D eigenvalue weighted by Crippen LogP contribution is -2.49. The number of fused-ring (bicyclic) bond motifs is 6. The maximum Gasteiger partial charge on any atom is 0.415 e. The number of carbonyl (C=O) groups is 4. The van der Waals surface area contributed by atoms with Crippen LogP contribution in [0.15, 0.2) is 58.7 Å². The van der Waals surface area contributed by atoms with Crippen LogP contribution in [0, 0.1) is 0 Å². The molecule has 15 heteroatoms. The summed E-state index contributed by atoms with van der Waals surface area (Å²) in [5.41, 5.74) is 5.40. The molecule has 0 radical (unpaired) electrons. The minimum Gasteiger partial charge on any atom is -0.508 e. The van der Waals surface area contributed by atoms with Gasteiger partial charge in [-0.15, -0.1) is 0 Å². The number of morpholine rings is 1. The highest BCUT2D eigenvalue weighted by atomic mass is 16.6. The fourth-order valence-corrected chi connectivity index (χ4v) is 10.4. The molecule has 2 aromatic carbocycles. The summed E-state index contributed by atoms with van der Waals surface area (Å²) >= 11 is 0. The van der Waals surface area contributed by atoms with E-state index < -0.39 is 47.4 Å². The van der Waals surface area contributed by atoms with Crippen LogP contribution in [0.5, 0.6) is 23.0 Å². The standard InChI is InChI=1S/C56H75N3O12/c1-34(2)14-9-16-36(5)18-11-21-55(7)47(61)30-40-45(60)28-38-42(49(40)70-55)32-58(51(38)63)23-13-20-44(53(65)66)59-33-43-39(52(59)64)29-46(69-54(67)57-24-26-68-27-25-57)41-31-48(62)56(8,71-50(41)43)22-12-19-37(6)17-10-15-35(3)4/h14-15,18-19,28-29,44,47-48,60-62H,9-13,16-17,20-27,30-33H2,1-8H3,(H,65,66)/b36-18+,37-19+/t44?,47-,48-,55+,56+/m0/s1. The lowest BCUT2D eigenvalue weighted by Gasteiger charge is -2.41. The number of aliphatic hydroxyl groups is 2. The highest BCUT2D eigenvalue weighted by Gasteiger charge is 2.47. The number of hydrogen-bond donors (Lipinski definition) is 4. The van der Waals surface area contributed by atoms with Crippen LogP contribution in [0.25, 0.3) is 0 Å². The van der Waals surface area contributed by atoms with Gasteiger partial charge in [0.1, 0.15) is 40.2 Å². The van der Waals surface area contributed by atoms with Gasteiger partial charge in [0.2, 0.25) is 0 Å². The van der Waals surface area contributed by atoms with Crippen molar-refractivity contribution in [1.82, 2.24) is 14.7 Å². The van der Waals surface area contributed by atoms with Gasteiger partial charge in [-0.25, -0.2) is 9.59 Å². The summed E-state index contributed by atoms with van der Waals surface area (Å²) in [5.74, 6) is -1.44. The second kappa shape index (κ2) is 22.4. The molecule has 2 aromatic rings. The number of phenols is 1. The highest BCUT2D eigenvalue weighted by molar-refractivity contribution is 6.02. The van der Waals surface area contributed by atoms with Gasteiger partial charge in [0.05, 0.1) is 49.6 Å². The molecular weight excluding hydrogens is 907 g/mol. The van der Waals surface area contributed by atoms with Gasteiger partial charge in [0, 0.05) is 54.7 Å². The molecule has 0 saturated carbocycles. The molecule has 3 amide bonds. The largest absolute Gasteiger partial charge is 0.508 e. The van der Waals surface area contributed by atoms with E-state index in [1.54, 1.807) is 4.90 Å². The van der Waals surface area contributed by atoms with Gasteiger partial charge < -0.3 is 54.1 Å². The van der Waals surface area contributed by atoms with Crippen LogP contribution in [0.2, 0.25) is 0 Å². The molecule has 5 atom stereocenters. The number of hydrogen-bond acceptors (Lipinski definition) is 11. The number of aliphatic hydroxyl groups excluding tert-OH is 2. The number of amides is 3. The second-order valence-corrected chi connectivity index (χ2v) is 21.1. The Morgan fingerprint density at radius 3 is 1.85 bits per heavy atom. The van der Waals surface area contributed by atoms with E-state index in [9.17, 15) is 39.6 Å². The number of ether oxygens (including phenoxy) is 4. The van der Waals surface area contributed by atoms with Gasteiger partial charge in [-0.3, -0.25) is 9.59 Å². The first-order chi connectivity index (χ1) is 33.7. The SMILES string of the molecule is CC(C)=CCC/C(C)=C/CC[C@@]1(C)Oc2c(c(O)cc3c2CN(CCCC(C(=O)O)N2Cc4c(cc(OC(=O)N5CCOCC5)c5c4O[C@](C)(CC/C=C(\C)CCC=C(C)C)[C@@H](O)C5)C2=O)C3=O)C[C@@H]1O. The Kier molecular flexibility index (Phi) is 16.8. The third-order valence-corrected chi connectivity index (χ3v) is 15.0. The van der Waals surface area contributed by atoms with Crippen molar-refractivity contribution in [3.63, 3.8) is 0 Å². The summed E-state index contributed by atoms with van der Waals surface area (Å²) < 4.78 is 24.7. The Morgan fingerprint density at radius 2 is 1.28 bits per heavy atom. The first-order valence-corrected chi connectivity index (χ1v) is 25.5. The average Bonchev–Trinajstić information content (AvgIpc) is 3.80. The smallest absolute Gasteiger partial charge is 0.415 e. The van der Waals surface area contributed by atoms with Gasteiger partial charge >= 0.3 is 12.1 Å². The average molecular weight is 982 g/mol. The lowest BCUT2D eigenvalue weighted by molar-refractivity contribution is -0.142. The number of carbonyl (C=O) groups excluding carboxylic acids is 3. The Bertz CT molecular complexity index is 2490. The molecule has 0 spiro atoms. The zero-order valence-corrected chi connectivity index (χ0v) is 43.0. The van der Waals surface area contributed by atoms with Gasteiger partial charge in [-0.05, 0) is 132 Å². The van der Waals surface area contributed by atoms with Crippen molar-refractivity contribution in [1.29, 1.82) is 0 Å². The van der Waals surface area contributed by atoms with E-state index in [1.165, 1.54) is 44.2 Å². The summed E-state index contributed by atoms with van der Waals surface area (Å²) in [7, 11) is 0. The number of carboxylic acids is 1. The van der Waals surface area contributed by atoms with E-state index in [0.717, 1.165) is 25.7 Å². The minimum absolute atomic E-state index is 0.0121. The van der Waals surface area contributed by atoms with Crippen molar-refractivity contribution >= 4 is 23.9 Å². The summed E-state index contributed by atoms with van der Waals surface area (Å²) in [4.78, 5) is 59.4. The van der Waals surface area contributed by atoms with Crippen LogP contribution in [0.4, 0.5) is 4.79 Å². The van der Waals surface area contributed by atoms with Crippen molar-refractivity contribution in [3.05, 3.63) is 92.1 Å². The number of nitrogens with zero attached hydrogens (tertiary/aromatic N) is 3. The topological polar surface area (TPSA) is 196 Å². The Balaban J connectivity index is 1.06. The Morgan fingerprint density at radius 1 is 0.746 bits per heavy atom. The van der Waals surface area contributed by atoms with Gasteiger partial charge in [0.25, 0.3) is 11.8 Å². The number of allylic oxidation sites excluding steroid dienone is 8. The molecular formula is C56H75N3O12. The summed E-state index contributed by atoms with van der Waals surface area (Å²) in [6.45, 7) is 17.8. The maximum atomic E-state index is 14.4. The Labute approximate surface area is 418 Å². The Hall–Kier alpha value is -5.64. The van der Waals surface area contributed by atoms with Crippen LogP contribution in [0.3, 0.4) is 0 Å². The van der Waals surface area contributed by atoms with Crippen molar-refractivity contribution in [2.24, 2.45) is 0 Å². The van der Waals surface area contributed by atoms with Gasteiger partial charge in [-0.2, -0.15) is 0 Å². The molecule has 1 saturated heterocycles. The first kappa shape index (κ1) is 53.2. The number of aliphatic carboxylic acids is 1. The first-order valence-electron chi connectivity index (χ1n) is 25.5.